The molecule has 6 nitrogen and oxygen atoms in total. The number of aromatic nitrogens is 1. The molecule has 0 spiro atoms. The second kappa shape index (κ2) is 6.49. The van der Waals surface area contributed by atoms with Crippen LogP contribution in [-0.4, -0.2) is 41.3 Å². The average Bonchev–Trinajstić information content (AvgIpc) is 2.68. The fourth-order valence-corrected chi connectivity index (χ4v) is 1.96. The Morgan fingerprint density at radius 3 is 2.95 bits per heavy atom. The number of pyridine rings is 1. The lowest BCUT2D eigenvalue weighted by molar-refractivity contribution is -0.126. The van der Waals surface area contributed by atoms with E-state index < -0.39 is 0 Å². The fourth-order valence-electron chi connectivity index (χ4n) is 1.96. The van der Waals surface area contributed by atoms with Crippen molar-refractivity contribution in [2.45, 2.75) is 19.0 Å². The van der Waals surface area contributed by atoms with E-state index in [0.717, 1.165) is 0 Å². The minimum absolute atomic E-state index is 0. The maximum Gasteiger partial charge on any atom is 0.251 e. The fraction of sp³-hybridized carbons (Fsp3) is 0.417. The molecule has 0 saturated carbocycles. The van der Waals surface area contributed by atoms with Crippen molar-refractivity contribution in [2.24, 2.45) is 5.73 Å². The first-order valence-electron chi connectivity index (χ1n) is 5.80. The summed E-state index contributed by atoms with van der Waals surface area (Å²) >= 11 is 0. The largest absolute Gasteiger partial charge is 0.347 e. The van der Waals surface area contributed by atoms with Crippen molar-refractivity contribution in [3.63, 3.8) is 0 Å². The van der Waals surface area contributed by atoms with E-state index in [1.165, 1.54) is 0 Å². The van der Waals surface area contributed by atoms with Crippen molar-refractivity contribution >= 4 is 24.2 Å². The molecule has 0 bridgehead atoms. The summed E-state index contributed by atoms with van der Waals surface area (Å²) in [6.45, 7) is 0.852. The highest BCUT2D eigenvalue weighted by Gasteiger charge is 2.28. The van der Waals surface area contributed by atoms with Crippen LogP contribution in [0.3, 0.4) is 0 Å². The number of nitrogens with zero attached hydrogens (tertiary/aromatic N) is 2. The van der Waals surface area contributed by atoms with Gasteiger partial charge in [-0.3, -0.25) is 14.6 Å². The standard InChI is InChI=1S/C12H16N4O2.ClH/c1-16-7-10(5-11(16)17)15-12(18)8-2-3-14-9(4-8)6-13;/h2-4,10H,5-7,13H2,1H3,(H,15,18);1H. The highest BCUT2D eigenvalue weighted by Crippen LogP contribution is 2.09. The molecule has 0 aliphatic carbocycles. The molecule has 1 aromatic rings. The number of likely N-dealkylation sites (N-methyl/N-ethyl adjacent to an activating group) is 1. The Labute approximate surface area is 117 Å². The van der Waals surface area contributed by atoms with Gasteiger partial charge in [0.2, 0.25) is 5.91 Å². The van der Waals surface area contributed by atoms with Gasteiger partial charge in [0, 0.05) is 38.3 Å². The first-order chi connectivity index (χ1) is 8.60. The molecule has 1 atom stereocenters. The van der Waals surface area contributed by atoms with Gasteiger partial charge in [-0.05, 0) is 12.1 Å². The summed E-state index contributed by atoms with van der Waals surface area (Å²) in [4.78, 5) is 29.0. The number of hydrogen-bond donors (Lipinski definition) is 2. The highest BCUT2D eigenvalue weighted by atomic mass is 35.5. The van der Waals surface area contributed by atoms with Crippen LogP contribution in [0.4, 0.5) is 0 Å². The molecule has 0 radical (unpaired) electrons. The number of likely N-dealkylation sites (tertiary alicyclic amines) is 1. The molecule has 7 heteroatoms. The second-order valence-corrected chi connectivity index (χ2v) is 4.39. The number of amides is 2. The number of halogens is 1. The van der Waals surface area contributed by atoms with Crippen LogP contribution in [0.1, 0.15) is 22.5 Å². The summed E-state index contributed by atoms with van der Waals surface area (Å²) in [5.74, 6) is -0.141. The normalized spacial score (nSPS) is 18.1. The smallest absolute Gasteiger partial charge is 0.251 e. The van der Waals surface area contributed by atoms with Crippen LogP contribution in [0, 0.1) is 0 Å². The minimum atomic E-state index is -0.194. The van der Waals surface area contributed by atoms with Crippen molar-refractivity contribution in [3.8, 4) is 0 Å². The number of nitrogens with two attached hydrogens (primary N) is 1. The molecule has 1 aliphatic heterocycles. The van der Waals surface area contributed by atoms with Gasteiger partial charge in [0.1, 0.15) is 0 Å². The van der Waals surface area contributed by atoms with Crippen LogP contribution in [0.15, 0.2) is 18.3 Å². The van der Waals surface area contributed by atoms with Crippen molar-refractivity contribution < 1.29 is 9.59 Å². The lowest BCUT2D eigenvalue weighted by atomic mass is 10.2. The van der Waals surface area contributed by atoms with Gasteiger partial charge in [-0.1, -0.05) is 0 Å². The molecule has 1 unspecified atom stereocenters. The van der Waals surface area contributed by atoms with Gasteiger partial charge in [0.05, 0.1) is 11.7 Å². The first kappa shape index (κ1) is 15.4. The zero-order chi connectivity index (χ0) is 13.1. The molecule has 0 aromatic carbocycles. The minimum Gasteiger partial charge on any atom is -0.347 e. The Balaban J connectivity index is 0.00000180. The Hall–Kier alpha value is -1.66. The van der Waals surface area contributed by atoms with Gasteiger partial charge in [-0.15, -0.1) is 12.4 Å². The van der Waals surface area contributed by atoms with Crippen molar-refractivity contribution in [1.29, 1.82) is 0 Å². The maximum absolute atomic E-state index is 12.0. The number of carbonyl (C=O) groups excluding carboxylic acids is 2. The van der Waals surface area contributed by atoms with Gasteiger partial charge >= 0.3 is 0 Å². The summed E-state index contributed by atoms with van der Waals surface area (Å²) in [6, 6.07) is 3.18. The van der Waals surface area contributed by atoms with E-state index >= 15 is 0 Å². The molecular weight excluding hydrogens is 268 g/mol. The predicted molar refractivity (Wildman–Crippen MR) is 72.9 cm³/mol. The summed E-state index contributed by atoms with van der Waals surface area (Å²) < 4.78 is 0. The molecular formula is C12H17ClN4O2. The lowest BCUT2D eigenvalue weighted by Gasteiger charge is -2.12. The van der Waals surface area contributed by atoms with Crippen LogP contribution in [0.25, 0.3) is 0 Å². The first-order valence-corrected chi connectivity index (χ1v) is 5.80. The zero-order valence-electron chi connectivity index (χ0n) is 10.6. The molecule has 3 N–H and O–H groups in total. The molecule has 2 heterocycles. The molecule has 1 aromatic heterocycles. The Morgan fingerprint density at radius 1 is 1.63 bits per heavy atom. The molecule has 2 amide bonds. The number of nitrogens with one attached hydrogen (secondary N) is 1. The Bertz CT molecular complexity index is 481. The molecule has 104 valence electrons. The lowest BCUT2D eigenvalue weighted by Crippen LogP contribution is -2.36. The third-order valence-corrected chi connectivity index (χ3v) is 2.96. The van der Waals surface area contributed by atoms with Gasteiger partial charge in [-0.2, -0.15) is 0 Å². The summed E-state index contributed by atoms with van der Waals surface area (Å²) in [5.41, 5.74) is 6.66. The van der Waals surface area contributed by atoms with Crippen LogP contribution in [0.5, 0.6) is 0 Å². The van der Waals surface area contributed by atoms with Gasteiger partial charge in [0.25, 0.3) is 5.91 Å². The topological polar surface area (TPSA) is 88.3 Å². The quantitative estimate of drug-likeness (QED) is 0.813. The van der Waals surface area contributed by atoms with Crippen LogP contribution < -0.4 is 11.1 Å². The summed E-state index contributed by atoms with van der Waals surface area (Å²) in [7, 11) is 1.73. The predicted octanol–water partition coefficient (Wildman–Crippen LogP) is -0.0774. The number of carbonyl (C=O) groups is 2. The van der Waals surface area contributed by atoms with E-state index in [1.807, 2.05) is 0 Å². The van der Waals surface area contributed by atoms with Crippen molar-refractivity contribution in [3.05, 3.63) is 29.6 Å². The van der Waals surface area contributed by atoms with E-state index in [-0.39, 0.29) is 30.3 Å². The SMILES string of the molecule is CN1CC(NC(=O)c2ccnc(CN)c2)CC1=O.Cl. The third-order valence-electron chi connectivity index (χ3n) is 2.96. The molecule has 1 fully saturated rings. The van der Waals surface area contributed by atoms with E-state index in [0.29, 0.717) is 30.8 Å². The Kier molecular flexibility index (Phi) is 5.26. The van der Waals surface area contributed by atoms with Crippen molar-refractivity contribution in [1.82, 2.24) is 15.2 Å². The van der Waals surface area contributed by atoms with E-state index in [9.17, 15) is 9.59 Å². The van der Waals surface area contributed by atoms with Gasteiger partial charge < -0.3 is 16.0 Å². The van der Waals surface area contributed by atoms with Gasteiger partial charge in [0.15, 0.2) is 0 Å². The third kappa shape index (κ3) is 3.65. The average molecular weight is 285 g/mol. The zero-order valence-corrected chi connectivity index (χ0v) is 11.4. The summed E-state index contributed by atoms with van der Waals surface area (Å²) in [5, 5.41) is 2.84. The number of hydrogen-bond acceptors (Lipinski definition) is 4. The van der Waals surface area contributed by atoms with Crippen LogP contribution in [0.2, 0.25) is 0 Å². The summed E-state index contributed by atoms with van der Waals surface area (Å²) in [6.07, 6.45) is 1.92. The Morgan fingerprint density at radius 2 is 2.37 bits per heavy atom. The van der Waals surface area contributed by atoms with Gasteiger partial charge in [-0.25, -0.2) is 0 Å². The second-order valence-electron chi connectivity index (χ2n) is 4.39. The van der Waals surface area contributed by atoms with E-state index in [4.69, 9.17) is 5.73 Å². The highest BCUT2D eigenvalue weighted by molar-refractivity contribution is 5.95. The molecule has 1 saturated heterocycles. The monoisotopic (exact) mass is 284 g/mol. The van der Waals surface area contributed by atoms with Crippen molar-refractivity contribution in [2.75, 3.05) is 13.6 Å². The molecule has 2 rings (SSSR count). The molecule has 1 aliphatic rings. The molecule has 19 heavy (non-hydrogen) atoms. The van der Waals surface area contributed by atoms with Crippen LogP contribution in [-0.2, 0) is 11.3 Å². The maximum atomic E-state index is 12.0. The number of rotatable bonds is 3. The van der Waals surface area contributed by atoms with E-state index in [2.05, 4.69) is 10.3 Å². The van der Waals surface area contributed by atoms with Crippen LogP contribution >= 0.6 is 12.4 Å². The van der Waals surface area contributed by atoms with E-state index in [1.54, 1.807) is 30.3 Å².